The number of benzene rings is 1. The van der Waals surface area contributed by atoms with Gasteiger partial charge in [-0.3, -0.25) is 10.1 Å². The van der Waals surface area contributed by atoms with Crippen LogP contribution in [0.25, 0.3) is 0 Å². The second kappa shape index (κ2) is 6.16. The fourth-order valence-electron chi connectivity index (χ4n) is 1.18. The Morgan fingerprint density at radius 1 is 1.47 bits per heavy atom. The SMILES string of the molecule is CC(CCCl)Sc1c(F)cc([N+](=O)[O-])cc1F. The Balaban J connectivity index is 2.97. The van der Waals surface area contributed by atoms with Crippen LogP contribution >= 0.6 is 23.4 Å². The normalized spacial score (nSPS) is 12.5. The summed E-state index contributed by atoms with van der Waals surface area (Å²) in [6.45, 7) is 1.79. The van der Waals surface area contributed by atoms with Gasteiger partial charge in [-0.05, 0) is 6.42 Å². The summed E-state index contributed by atoms with van der Waals surface area (Å²) in [7, 11) is 0. The van der Waals surface area contributed by atoms with Crippen LogP contribution in [0.2, 0.25) is 0 Å². The summed E-state index contributed by atoms with van der Waals surface area (Å²) in [4.78, 5) is 9.36. The molecule has 0 N–H and O–H groups in total. The van der Waals surface area contributed by atoms with Gasteiger partial charge in [0.25, 0.3) is 5.69 Å². The van der Waals surface area contributed by atoms with Crippen LogP contribution in [0.3, 0.4) is 0 Å². The molecule has 0 aliphatic carbocycles. The lowest BCUT2D eigenvalue weighted by Crippen LogP contribution is -2.00. The molecule has 0 heterocycles. The number of nitrogens with zero attached hydrogens (tertiary/aromatic N) is 1. The number of nitro groups is 1. The van der Waals surface area contributed by atoms with Crippen LogP contribution in [0.15, 0.2) is 17.0 Å². The Kier molecular flexibility index (Phi) is 5.14. The topological polar surface area (TPSA) is 43.1 Å². The summed E-state index contributed by atoms with van der Waals surface area (Å²) >= 11 is 6.50. The Labute approximate surface area is 106 Å². The van der Waals surface area contributed by atoms with E-state index in [1.165, 1.54) is 0 Å². The van der Waals surface area contributed by atoms with Gasteiger partial charge in [0, 0.05) is 11.1 Å². The first kappa shape index (κ1) is 14.2. The van der Waals surface area contributed by atoms with Crippen molar-refractivity contribution in [3.8, 4) is 0 Å². The number of hydrogen-bond donors (Lipinski definition) is 0. The number of thioether (sulfide) groups is 1. The average molecular weight is 282 g/mol. The summed E-state index contributed by atoms with van der Waals surface area (Å²) in [6, 6.07) is 1.44. The van der Waals surface area contributed by atoms with Gasteiger partial charge < -0.3 is 0 Å². The maximum Gasteiger partial charge on any atom is 0.275 e. The van der Waals surface area contributed by atoms with Crippen LogP contribution in [0.4, 0.5) is 14.5 Å². The van der Waals surface area contributed by atoms with Gasteiger partial charge in [0.2, 0.25) is 0 Å². The fraction of sp³-hybridized carbons (Fsp3) is 0.400. The molecule has 0 spiro atoms. The minimum atomic E-state index is -0.914. The smallest absolute Gasteiger partial charge is 0.258 e. The molecule has 1 unspecified atom stereocenters. The summed E-state index contributed by atoms with van der Waals surface area (Å²) < 4.78 is 26.9. The van der Waals surface area contributed by atoms with Gasteiger partial charge >= 0.3 is 0 Å². The van der Waals surface area contributed by atoms with Crippen molar-refractivity contribution in [2.24, 2.45) is 0 Å². The third-order valence-corrected chi connectivity index (χ3v) is 3.51. The van der Waals surface area contributed by atoms with E-state index in [-0.39, 0.29) is 10.1 Å². The van der Waals surface area contributed by atoms with E-state index in [1.54, 1.807) is 6.92 Å². The van der Waals surface area contributed by atoms with Crippen LogP contribution < -0.4 is 0 Å². The van der Waals surface area contributed by atoms with Crippen LogP contribution in [0.5, 0.6) is 0 Å². The predicted octanol–water partition coefficient (Wildman–Crippen LogP) is 3.98. The number of non-ortho nitro benzene ring substituents is 1. The third kappa shape index (κ3) is 3.81. The van der Waals surface area contributed by atoms with Crippen LogP contribution in [0.1, 0.15) is 13.3 Å². The lowest BCUT2D eigenvalue weighted by atomic mass is 10.3. The van der Waals surface area contributed by atoms with Crippen molar-refractivity contribution in [2.75, 3.05) is 5.88 Å². The molecule has 0 bridgehead atoms. The van der Waals surface area contributed by atoms with Crippen molar-refractivity contribution < 1.29 is 13.7 Å². The van der Waals surface area contributed by atoms with Crippen molar-refractivity contribution in [2.45, 2.75) is 23.5 Å². The number of hydrogen-bond acceptors (Lipinski definition) is 3. The van der Waals surface area contributed by atoms with Crippen LogP contribution in [-0.2, 0) is 0 Å². The predicted molar refractivity (Wildman–Crippen MR) is 63.7 cm³/mol. The molecule has 0 aliphatic rings. The molecule has 0 fully saturated rings. The van der Waals surface area contributed by atoms with E-state index < -0.39 is 22.2 Å². The maximum absolute atomic E-state index is 13.5. The van der Waals surface area contributed by atoms with E-state index in [4.69, 9.17) is 11.6 Å². The van der Waals surface area contributed by atoms with Gasteiger partial charge in [0.15, 0.2) is 0 Å². The van der Waals surface area contributed by atoms with E-state index in [0.29, 0.717) is 12.3 Å². The Hall–Kier alpha value is -0.880. The van der Waals surface area contributed by atoms with Gasteiger partial charge in [-0.2, -0.15) is 0 Å². The zero-order chi connectivity index (χ0) is 13.0. The van der Waals surface area contributed by atoms with Crippen molar-refractivity contribution in [3.05, 3.63) is 33.9 Å². The van der Waals surface area contributed by atoms with Crippen molar-refractivity contribution >= 4 is 29.1 Å². The highest BCUT2D eigenvalue weighted by molar-refractivity contribution is 8.00. The molecule has 17 heavy (non-hydrogen) atoms. The zero-order valence-electron chi connectivity index (χ0n) is 8.95. The number of alkyl halides is 1. The number of halogens is 3. The fourth-order valence-corrected chi connectivity index (χ4v) is 2.62. The molecule has 0 saturated heterocycles. The van der Waals surface area contributed by atoms with E-state index in [1.807, 2.05) is 0 Å². The van der Waals surface area contributed by atoms with Crippen LogP contribution in [0, 0.1) is 21.7 Å². The van der Waals surface area contributed by atoms with Gasteiger partial charge in [0.1, 0.15) is 11.6 Å². The van der Waals surface area contributed by atoms with Crippen LogP contribution in [-0.4, -0.2) is 16.1 Å². The minimum Gasteiger partial charge on any atom is -0.258 e. The van der Waals surface area contributed by atoms with Gasteiger partial charge in [-0.1, -0.05) is 6.92 Å². The standard InChI is InChI=1S/C10H10ClF2NO2S/c1-6(2-3-11)17-10-8(12)4-7(14(15)16)5-9(10)13/h4-6H,2-3H2,1H3. The van der Waals surface area contributed by atoms with Crippen molar-refractivity contribution in [1.82, 2.24) is 0 Å². The second-order valence-electron chi connectivity index (χ2n) is 3.40. The molecule has 3 nitrogen and oxygen atoms in total. The summed E-state index contributed by atoms with van der Waals surface area (Å²) in [5, 5.41) is 10.3. The molecular weight excluding hydrogens is 272 g/mol. The van der Waals surface area contributed by atoms with Crippen molar-refractivity contribution in [3.63, 3.8) is 0 Å². The maximum atomic E-state index is 13.5. The molecule has 0 radical (unpaired) electrons. The highest BCUT2D eigenvalue weighted by Crippen LogP contribution is 2.32. The first-order chi connectivity index (χ1) is 7.95. The molecule has 1 rings (SSSR count). The van der Waals surface area contributed by atoms with Crippen molar-refractivity contribution in [1.29, 1.82) is 0 Å². The second-order valence-corrected chi connectivity index (χ2v) is 5.23. The molecule has 1 aromatic carbocycles. The molecule has 0 amide bonds. The molecule has 1 aromatic rings. The first-order valence-electron chi connectivity index (χ1n) is 4.81. The number of rotatable bonds is 5. The zero-order valence-corrected chi connectivity index (χ0v) is 10.5. The Morgan fingerprint density at radius 2 is 2.00 bits per heavy atom. The molecular formula is C10H10ClF2NO2S. The number of nitro benzene ring substituents is 1. The largest absolute Gasteiger partial charge is 0.275 e. The van der Waals surface area contributed by atoms with E-state index >= 15 is 0 Å². The summed E-state index contributed by atoms with van der Waals surface area (Å²) in [6.07, 6.45) is 0.599. The molecule has 0 aliphatic heterocycles. The third-order valence-electron chi connectivity index (χ3n) is 2.03. The Bertz CT molecular complexity index is 408. The van der Waals surface area contributed by atoms with E-state index in [2.05, 4.69) is 0 Å². The van der Waals surface area contributed by atoms with Gasteiger partial charge in [-0.15, -0.1) is 23.4 Å². The highest BCUT2D eigenvalue weighted by atomic mass is 35.5. The lowest BCUT2D eigenvalue weighted by Gasteiger charge is -2.10. The lowest BCUT2D eigenvalue weighted by molar-refractivity contribution is -0.385. The molecule has 1 atom stereocenters. The average Bonchev–Trinajstić information content (AvgIpc) is 2.23. The Morgan fingerprint density at radius 3 is 2.41 bits per heavy atom. The molecule has 7 heteroatoms. The molecule has 0 aromatic heterocycles. The summed E-state index contributed by atoms with van der Waals surface area (Å²) in [5.41, 5.74) is -0.589. The van der Waals surface area contributed by atoms with Gasteiger partial charge in [-0.25, -0.2) is 8.78 Å². The molecule has 0 saturated carbocycles. The summed E-state index contributed by atoms with van der Waals surface area (Å²) in [5.74, 6) is -1.43. The minimum absolute atomic E-state index is 0.0574. The van der Waals surface area contributed by atoms with E-state index in [0.717, 1.165) is 23.9 Å². The monoisotopic (exact) mass is 281 g/mol. The first-order valence-corrected chi connectivity index (χ1v) is 6.23. The molecule has 94 valence electrons. The van der Waals surface area contributed by atoms with Gasteiger partial charge in [0.05, 0.1) is 22.0 Å². The highest BCUT2D eigenvalue weighted by Gasteiger charge is 2.19. The quantitative estimate of drug-likeness (QED) is 0.355. The van der Waals surface area contributed by atoms with E-state index in [9.17, 15) is 18.9 Å².